The second-order valence-electron chi connectivity index (χ2n) is 7.02. The smallest absolute Gasteiger partial charge is 0.275 e. The van der Waals surface area contributed by atoms with Crippen LogP contribution in [0.15, 0.2) is 46.0 Å². The number of para-hydroxylation sites is 2. The Bertz CT molecular complexity index is 1320. The average Bonchev–Trinajstić information content (AvgIpc) is 3.01. The largest absolute Gasteiger partial charge is 0.490 e. The third-order valence-corrected chi connectivity index (χ3v) is 5.16. The van der Waals surface area contributed by atoms with Crippen molar-refractivity contribution >= 4 is 34.3 Å². The molecule has 8 nitrogen and oxygen atoms in total. The van der Waals surface area contributed by atoms with Crippen LogP contribution in [0.2, 0.25) is 0 Å². The lowest BCUT2D eigenvalue weighted by Crippen LogP contribution is -2.30. The number of rotatable bonds is 0. The van der Waals surface area contributed by atoms with Gasteiger partial charge in [-0.1, -0.05) is 18.2 Å². The van der Waals surface area contributed by atoms with Gasteiger partial charge in [-0.2, -0.15) is 0 Å². The van der Waals surface area contributed by atoms with E-state index in [-0.39, 0.29) is 29.2 Å². The number of H-pyrrole nitrogens is 2. The number of benzene rings is 2. The quantitative estimate of drug-likeness (QED) is 0.459. The lowest BCUT2D eigenvalue weighted by Gasteiger charge is -2.17. The van der Waals surface area contributed by atoms with Crippen molar-refractivity contribution in [2.45, 2.75) is 6.54 Å². The van der Waals surface area contributed by atoms with Gasteiger partial charge in [-0.25, -0.2) is 4.98 Å². The second kappa shape index (κ2) is 7.38. The summed E-state index contributed by atoms with van der Waals surface area (Å²) in [6, 6.07) is 10.8. The summed E-state index contributed by atoms with van der Waals surface area (Å²) in [6.45, 7) is 2.39. The number of hydrogen-bond donors (Lipinski definition) is 2. The van der Waals surface area contributed by atoms with Gasteiger partial charge in [0.25, 0.3) is 11.1 Å². The van der Waals surface area contributed by atoms with E-state index >= 15 is 0 Å². The third kappa shape index (κ3) is 3.20. The minimum absolute atomic E-state index is 0. The summed E-state index contributed by atoms with van der Waals surface area (Å²) >= 11 is 0. The molecule has 0 saturated carbocycles. The van der Waals surface area contributed by atoms with E-state index in [4.69, 9.17) is 4.74 Å². The summed E-state index contributed by atoms with van der Waals surface area (Å²) in [7, 11) is 1.99. The van der Waals surface area contributed by atoms with E-state index < -0.39 is 0 Å². The molecule has 0 unspecified atom stereocenters. The molecule has 4 bridgehead atoms. The Morgan fingerprint density at radius 3 is 2.76 bits per heavy atom. The summed E-state index contributed by atoms with van der Waals surface area (Å²) in [6.07, 6.45) is 0. The van der Waals surface area contributed by atoms with E-state index in [1.807, 2.05) is 19.2 Å². The molecule has 4 aromatic rings. The van der Waals surface area contributed by atoms with E-state index in [2.05, 4.69) is 20.0 Å². The van der Waals surface area contributed by atoms with Crippen LogP contribution in [0, 0.1) is 0 Å². The fourth-order valence-electron chi connectivity index (χ4n) is 3.61. The molecule has 1 aliphatic heterocycles. The monoisotopic (exact) mass is 413 g/mol. The van der Waals surface area contributed by atoms with Crippen molar-refractivity contribution in [3.63, 3.8) is 0 Å². The maximum Gasteiger partial charge on any atom is 0.275 e. The zero-order valence-corrected chi connectivity index (χ0v) is 16.6. The predicted octanol–water partition coefficient (Wildman–Crippen LogP) is 1.98. The highest BCUT2D eigenvalue weighted by molar-refractivity contribution is 5.93. The minimum Gasteiger partial charge on any atom is -0.490 e. The van der Waals surface area contributed by atoms with Crippen LogP contribution in [-0.4, -0.2) is 51.4 Å². The van der Waals surface area contributed by atoms with Gasteiger partial charge in [-0.05, 0) is 25.2 Å². The normalized spacial score (nSPS) is 14.7. The molecule has 0 fully saturated rings. The lowest BCUT2D eigenvalue weighted by atomic mass is 10.1. The topological polar surface area (TPSA) is 96.0 Å². The van der Waals surface area contributed by atoms with Crippen molar-refractivity contribution < 1.29 is 4.74 Å². The minimum atomic E-state index is -0.308. The third-order valence-electron chi connectivity index (χ3n) is 5.16. The van der Waals surface area contributed by atoms with Gasteiger partial charge in [0.1, 0.15) is 23.6 Å². The van der Waals surface area contributed by atoms with Crippen molar-refractivity contribution in [3.8, 4) is 17.0 Å². The van der Waals surface area contributed by atoms with Gasteiger partial charge < -0.3 is 14.6 Å². The molecule has 29 heavy (non-hydrogen) atoms. The highest BCUT2D eigenvalue weighted by Gasteiger charge is 2.17. The highest BCUT2D eigenvalue weighted by atomic mass is 35.5. The molecule has 3 heterocycles. The van der Waals surface area contributed by atoms with Crippen molar-refractivity contribution in [1.29, 1.82) is 0 Å². The van der Waals surface area contributed by atoms with E-state index in [1.54, 1.807) is 28.9 Å². The molecule has 0 saturated heterocycles. The number of nitrogens with zero attached hydrogens (tertiary/aromatic N) is 3. The molecule has 2 aromatic heterocycles. The number of hydrogen-bond acceptors (Lipinski definition) is 5. The fraction of sp³-hybridized carbons (Fsp3) is 0.250. The number of likely N-dealkylation sites (N-methyl/N-ethyl adjacent to an activating group) is 1. The molecule has 5 rings (SSSR count). The van der Waals surface area contributed by atoms with Gasteiger partial charge in [0.15, 0.2) is 0 Å². The maximum absolute atomic E-state index is 12.8. The van der Waals surface area contributed by atoms with Crippen LogP contribution in [0.1, 0.15) is 0 Å². The van der Waals surface area contributed by atoms with Crippen LogP contribution in [0.5, 0.6) is 5.75 Å². The zero-order valence-electron chi connectivity index (χ0n) is 15.8. The standard InChI is InChI=1S/C20H19N5O3.ClH/c1-24-8-9-25-20(27)13-5-2-4-12(16(13)23-25)17-19(26)21-14-6-3-7-15(18(14)22-17)28-11-10-24;/h2-7,23H,8-11H2,1H3,(H,21,26);1H. The Morgan fingerprint density at radius 2 is 1.90 bits per heavy atom. The first-order valence-corrected chi connectivity index (χ1v) is 9.18. The highest BCUT2D eigenvalue weighted by Crippen LogP contribution is 2.27. The van der Waals surface area contributed by atoms with Crippen molar-refractivity contribution in [3.05, 3.63) is 57.1 Å². The Kier molecular flexibility index (Phi) is 4.89. The molecule has 9 heteroatoms. The van der Waals surface area contributed by atoms with Gasteiger partial charge >= 0.3 is 0 Å². The molecular weight excluding hydrogens is 394 g/mol. The molecule has 0 spiro atoms. The number of aromatic amines is 2. The van der Waals surface area contributed by atoms with E-state index in [0.29, 0.717) is 59.5 Å². The molecule has 2 aromatic carbocycles. The van der Waals surface area contributed by atoms with Crippen LogP contribution in [0.25, 0.3) is 33.2 Å². The van der Waals surface area contributed by atoms with E-state index in [0.717, 1.165) is 0 Å². The van der Waals surface area contributed by atoms with Gasteiger partial charge in [0, 0.05) is 18.7 Å². The summed E-state index contributed by atoms with van der Waals surface area (Å²) in [5.41, 5.74) is 2.27. The molecular formula is C20H20ClN5O3. The van der Waals surface area contributed by atoms with Crippen LogP contribution in [0.3, 0.4) is 0 Å². The van der Waals surface area contributed by atoms with Crippen LogP contribution < -0.4 is 15.9 Å². The molecule has 0 atom stereocenters. The molecule has 0 amide bonds. The second-order valence-corrected chi connectivity index (χ2v) is 7.02. The van der Waals surface area contributed by atoms with Crippen LogP contribution in [0.4, 0.5) is 0 Å². The first kappa shape index (κ1) is 19.2. The number of nitrogens with one attached hydrogen (secondary N) is 2. The van der Waals surface area contributed by atoms with Gasteiger partial charge in [0.2, 0.25) is 0 Å². The molecule has 1 aliphatic rings. The fourth-order valence-corrected chi connectivity index (χ4v) is 3.61. The number of fused-ring (bicyclic) bond motifs is 3. The maximum atomic E-state index is 12.8. The average molecular weight is 414 g/mol. The van der Waals surface area contributed by atoms with Crippen LogP contribution in [-0.2, 0) is 6.54 Å². The zero-order chi connectivity index (χ0) is 19.3. The Hall–Kier alpha value is -3.10. The number of halogens is 1. The first-order chi connectivity index (χ1) is 13.6. The summed E-state index contributed by atoms with van der Waals surface area (Å²) in [4.78, 5) is 35.2. The predicted molar refractivity (Wildman–Crippen MR) is 114 cm³/mol. The Morgan fingerprint density at radius 1 is 1.07 bits per heavy atom. The van der Waals surface area contributed by atoms with E-state index in [1.165, 1.54) is 0 Å². The van der Waals surface area contributed by atoms with Gasteiger partial charge in [-0.3, -0.25) is 19.4 Å². The lowest BCUT2D eigenvalue weighted by molar-refractivity contribution is 0.231. The van der Waals surface area contributed by atoms with Gasteiger partial charge in [-0.15, -0.1) is 12.4 Å². The summed E-state index contributed by atoms with van der Waals surface area (Å²) in [5.74, 6) is 0.624. The molecule has 0 aliphatic carbocycles. The summed E-state index contributed by atoms with van der Waals surface area (Å²) < 4.78 is 7.54. The molecule has 150 valence electrons. The number of aromatic nitrogens is 4. The SMILES string of the molecule is CN1CCOc2cccc3[nH]c(=O)c(nc23)-c2cccc3c(=O)n([nH]c23)CC1.Cl. The Labute approximate surface area is 171 Å². The van der Waals surface area contributed by atoms with Crippen molar-refractivity contribution in [2.75, 3.05) is 26.7 Å². The van der Waals surface area contributed by atoms with Crippen molar-refractivity contribution in [1.82, 2.24) is 24.6 Å². The van der Waals surface area contributed by atoms with Crippen LogP contribution >= 0.6 is 12.4 Å². The number of ether oxygens (including phenoxy) is 1. The van der Waals surface area contributed by atoms with E-state index in [9.17, 15) is 9.59 Å². The molecule has 2 N–H and O–H groups in total. The Balaban J connectivity index is 0.00000205. The molecule has 0 radical (unpaired) electrons. The summed E-state index contributed by atoms with van der Waals surface area (Å²) in [5, 5.41) is 3.71. The van der Waals surface area contributed by atoms with Crippen molar-refractivity contribution in [2.24, 2.45) is 0 Å². The first-order valence-electron chi connectivity index (χ1n) is 9.18. The van der Waals surface area contributed by atoms with Gasteiger partial charge in [0.05, 0.1) is 23.0 Å².